The Morgan fingerprint density at radius 2 is 2.19 bits per heavy atom. The van der Waals surface area contributed by atoms with Crippen LogP contribution in [0.2, 0.25) is 0 Å². The molecule has 4 nitrogen and oxygen atoms in total. The van der Waals surface area contributed by atoms with Gasteiger partial charge in [0.1, 0.15) is 12.4 Å². The van der Waals surface area contributed by atoms with Gasteiger partial charge in [0.05, 0.1) is 5.69 Å². The van der Waals surface area contributed by atoms with Crippen molar-refractivity contribution in [3.05, 3.63) is 17.1 Å². The lowest BCUT2D eigenvalue weighted by Crippen LogP contribution is -2.09. The molecular formula is C11H17N3OS. The molecule has 2 heterocycles. The van der Waals surface area contributed by atoms with Gasteiger partial charge in [-0.05, 0) is 13.8 Å². The van der Waals surface area contributed by atoms with E-state index in [-0.39, 0.29) is 0 Å². The van der Waals surface area contributed by atoms with Crippen molar-refractivity contribution in [1.29, 1.82) is 0 Å². The topological polar surface area (TPSA) is 47.0 Å². The lowest BCUT2D eigenvalue weighted by Gasteiger charge is -2.10. The Morgan fingerprint density at radius 1 is 1.31 bits per heavy atom. The van der Waals surface area contributed by atoms with Crippen LogP contribution in [-0.2, 0) is 22.8 Å². The average molecular weight is 239 g/mol. The van der Waals surface area contributed by atoms with Gasteiger partial charge >= 0.3 is 0 Å². The maximum atomic E-state index is 5.35. The molecule has 0 aliphatic carbocycles. The third-order valence-electron chi connectivity index (χ3n) is 2.40. The van der Waals surface area contributed by atoms with Gasteiger partial charge in [0.15, 0.2) is 5.82 Å². The second-order valence-electron chi connectivity index (χ2n) is 3.57. The number of hydrogen-bond donors (Lipinski definition) is 1. The third kappa shape index (κ3) is 2.47. The minimum absolute atomic E-state index is 0.507. The maximum absolute atomic E-state index is 5.35. The molecule has 0 bridgehead atoms. The summed E-state index contributed by atoms with van der Waals surface area (Å²) >= 11 is 1.89. The van der Waals surface area contributed by atoms with Crippen LogP contribution in [0.3, 0.4) is 0 Å². The summed E-state index contributed by atoms with van der Waals surface area (Å²) < 4.78 is 5.35. The Hall–Kier alpha value is -0.810. The Morgan fingerprint density at radius 3 is 2.94 bits per heavy atom. The summed E-state index contributed by atoms with van der Waals surface area (Å²) in [5, 5.41) is 3.30. The minimum Gasteiger partial charge on any atom is -0.374 e. The molecule has 0 saturated carbocycles. The van der Waals surface area contributed by atoms with E-state index in [1.54, 1.807) is 0 Å². The number of fused-ring (bicyclic) bond motifs is 1. The van der Waals surface area contributed by atoms with Crippen molar-refractivity contribution < 1.29 is 4.74 Å². The van der Waals surface area contributed by atoms with Crippen molar-refractivity contribution in [2.45, 2.75) is 32.0 Å². The molecule has 1 aromatic heterocycles. The first-order chi connectivity index (χ1) is 7.85. The first-order valence-electron chi connectivity index (χ1n) is 5.63. The molecule has 2 rings (SSSR count). The van der Waals surface area contributed by atoms with Gasteiger partial charge in [-0.1, -0.05) is 0 Å². The van der Waals surface area contributed by atoms with Gasteiger partial charge < -0.3 is 10.1 Å². The van der Waals surface area contributed by atoms with Gasteiger partial charge in [-0.2, -0.15) is 11.8 Å². The van der Waals surface area contributed by atoms with Crippen LogP contribution < -0.4 is 5.32 Å². The van der Waals surface area contributed by atoms with E-state index in [2.05, 4.69) is 22.2 Å². The highest BCUT2D eigenvalue weighted by atomic mass is 32.2. The van der Waals surface area contributed by atoms with E-state index in [0.717, 1.165) is 29.7 Å². The average Bonchev–Trinajstić information content (AvgIpc) is 2.75. The molecule has 0 fully saturated rings. The SMILES string of the molecule is CCNc1nc(COCC)nc2c1CSC2. The fourth-order valence-electron chi connectivity index (χ4n) is 1.67. The summed E-state index contributed by atoms with van der Waals surface area (Å²) in [7, 11) is 0. The van der Waals surface area contributed by atoms with Crippen LogP contribution in [0.1, 0.15) is 30.9 Å². The van der Waals surface area contributed by atoms with Crippen molar-refractivity contribution >= 4 is 17.6 Å². The van der Waals surface area contributed by atoms with Crippen LogP contribution in [0.5, 0.6) is 0 Å². The number of thioether (sulfide) groups is 1. The number of rotatable bonds is 5. The van der Waals surface area contributed by atoms with Crippen molar-refractivity contribution in [2.75, 3.05) is 18.5 Å². The zero-order valence-corrected chi connectivity index (χ0v) is 10.6. The first-order valence-corrected chi connectivity index (χ1v) is 6.78. The molecule has 1 aliphatic heterocycles. The molecular weight excluding hydrogens is 222 g/mol. The molecule has 0 radical (unpaired) electrons. The fraction of sp³-hybridized carbons (Fsp3) is 0.636. The van der Waals surface area contributed by atoms with Gasteiger partial charge in [0, 0.05) is 30.2 Å². The fourth-order valence-corrected chi connectivity index (χ4v) is 2.72. The summed E-state index contributed by atoms with van der Waals surface area (Å²) in [6.45, 7) is 6.16. The second-order valence-corrected chi connectivity index (χ2v) is 4.56. The Kier molecular flexibility index (Phi) is 4.01. The van der Waals surface area contributed by atoms with Gasteiger partial charge in [-0.3, -0.25) is 0 Å². The Balaban J connectivity index is 2.24. The van der Waals surface area contributed by atoms with E-state index in [1.165, 1.54) is 11.3 Å². The highest BCUT2D eigenvalue weighted by Gasteiger charge is 2.19. The standard InChI is InChI=1S/C11H17N3OS/c1-3-12-11-8-6-16-7-9(8)13-10(14-11)5-15-4-2/h3-7H2,1-2H3,(H,12,13,14). The van der Waals surface area contributed by atoms with E-state index in [9.17, 15) is 0 Å². The Labute approximate surface area is 100 Å². The summed E-state index contributed by atoms with van der Waals surface area (Å²) in [6, 6.07) is 0. The van der Waals surface area contributed by atoms with Crippen molar-refractivity contribution in [1.82, 2.24) is 9.97 Å². The highest BCUT2D eigenvalue weighted by molar-refractivity contribution is 7.98. The molecule has 1 N–H and O–H groups in total. The predicted octanol–water partition coefficient (Wildman–Crippen LogP) is 2.19. The van der Waals surface area contributed by atoms with Crippen LogP contribution in [0.4, 0.5) is 5.82 Å². The molecule has 0 spiro atoms. The van der Waals surface area contributed by atoms with Crippen molar-refractivity contribution in [3.63, 3.8) is 0 Å². The van der Waals surface area contributed by atoms with E-state index >= 15 is 0 Å². The molecule has 0 unspecified atom stereocenters. The number of ether oxygens (including phenoxy) is 1. The number of nitrogens with zero attached hydrogens (tertiary/aromatic N) is 2. The summed E-state index contributed by atoms with van der Waals surface area (Å²) in [5.41, 5.74) is 2.44. The Bertz CT molecular complexity index is 370. The lowest BCUT2D eigenvalue weighted by molar-refractivity contribution is 0.128. The largest absolute Gasteiger partial charge is 0.374 e. The maximum Gasteiger partial charge on any atom is 0.156 e. The molecule has 0 atom stereocenters. The van der Waals surface area contributed by atoms with Gasteiger partial charge in [-0.15, -0.1) is 0 Å². The zero-order chi connectivity index (χ0) is 11.4. The van der Waals surface area contributed by atoms with E-state index in [1.807, 2.05) is 18.7 Å². The highest BCUT2D eigenvalue weighted by Crippen LogP contribution is 2.32. The molecule has 1 aliphatic rings. The predicted molar refractivity (Wildman–Crippen MR) is 66.5 cm³/mol. The van der Waals surface area contributed by atoms with Crippen LogP contribution in [-0.4, -0.2) is 23.1 Å². The summed E-state index contributed by atoms with van der Waals surface area (Å²) in [4.78, 5) is 9.05. The van der Waals surface area contributed by atoms with E-state index in [4.69, 9.17) is 4.74 Å². The van der Waals surface area contributed by atoms with Crippen molar-refractivity contribution in [2.24, 2.45) is 0 Å². The van der Waals surface area contributed by atoms with Gasteiger partial charge in [-0.25, -0.2) is 9.97 Å². The number of anilines is 1. The molecule has 1 aromatic rings. The lowest BCUT2D eigenvalue weighted by atomic mass is 10.2. The van der Waals surface area contributed by atoms with Crippen LogP contribution in [0, 0.1) is 0 Å². The second kappa shape index (κ2) is 5.50. The normalized spacial score (nSPS) is 13.9. The first kappa shape index (κ1) is 11.7. The van der Waals surface area contributed by atoms with Crippen LogP contribution in [0.25, 0.3) is 0 Å². The number of hydrogen-bond acceptors (Lipinski definition) is 5. The summed E-state index contributed by atoms with van der Waals surface area (Å²) in [5.74, 6) is 3.80. The van der Waals surface area contributed by atoms with Crippen LogP contribution in [0.15, 0.2) is 0 Å². The zero-order valence-electron chi connectivity index (χ0n) is 9.75. The van der Waals surface area contributed by atoms with Gasteiger partial charge in [0.25, 0.3) is 0 Å². The quantitative estimate of drug-likeness (QED) is 0.853. The monoisotopic (exact) mass is 239 g/mol. The molecule has 0 aromatic carbocycles. The molecule has 5 heteroatoms. The van der Waals surface area contributed by atoms with Crippen molar-refractivity contribution in [3.8, 4) is 0 Å². The third-order valence-corrected chi connectivity index (χ3v) is 3.37. The van der Waals surface area contributed by atoms with Crippen LogP contribution >= 0.6 is 11.8 Å². The summed E-state index contributed by atoms with van der Waals surface area (Å²) in [6.07, 6.45) is 0. The van der Waals surface area contributed by atoms with Gasteiger partial charge in [0.2, 0.25) is 0 Å². The number of aromatic nitrogens is 2. The number of nitrogens with one attached hydrogen (secondary N) is 1. The minimum atomic E-state index is 0.507. The van der Waals surface area contributed by atoms with E-state index in [0.29, 0.717) is 13.2 Å². The molecule has 16 heavy (non-hydrogen) atoms. The molecule has 88 valence electrons. The van der Waals surface area contributed by atoms with E-state index < -0.39 is 0 Å². The molecule has 0 amide bonds. The smallest absolute Gasteiger partial charge is 0.156 e. The molecule has 0 saturated heterocycles.